The van der Waals surface area contributed by atoms with Crippen molar-refractivity contribution in [3.63, 3.8) is 0 Å². The Bertz CT molecular complexity index is 874. The Kier molecular flexibility index (Phi) is 6.90. The summed E-state index contributed by atoms with van der Waals surface area (Å²) in [4.78, 5) is 19.6. The van der Waals surface area contributed by atoms with Crippen molar-refractivity contribution < 1.29 is 14.3 Å². The fourth-order valence-corrected chi connectivity index (χ4v) is 2.82. The minimum Gasteiger partial charge on any atom is -0.475 e. The Labute approximate surface area is 164 Å². The first kappa shape index (κ1) is 21.1. The van der Waals surface area contributed by atoms with Gasteiger partial charge >= 0.3 is 6.09 Å². The summed E-state index contributed by atoms with van der Waals surface area (Å²) in [6.07, 6.45) is 3.27. The van der Waals surface area contributed by atoms with Crippen molar-refractivity contribution in [1.29, 1.82) is 5.26 Å². The van der Waals surface area contributed by atoms with Gasteiger partial charge in [-0.3, -0.25) is 0 Å². The fourth-order valence-electron chi connectivity index (χ4n) is 2.82. The van der Waals surface area contributed by atoms with Gasteiger partial charge in [0.25, 0.3) is 0 Å². The van der Waals surface area contributed by atoms with Crippen LogP contribution in [0, 0.1) is 17.2 Å². The highest BCUT2D eigenvalue weighted by Crippen LogP contribution is 2.26. The van der Waals surface area contributed by atoms with Gasteiger partial charge in [0.05, 0.1) is 0 Å². The van der Waals surface area contributed by atoms with E-state index < -0.39 is 11.6 Å². The molecule has 0 aliphatic heterocycles. The van der Waals surface area contributed by atoms with Crippen LogP contribution in [-0.2, 0) is 0 Å². The largest absolute Gasteiger partial charge is 0.475 e. The normalized spacial score (nSPS) is 12.8. The lowest BCUT2D eigenvalue weighted by Gasteiger charge is -2.26. The van der Waals surface area contributed by atoms with Gasteiger partial charge in [-0.15, -0.1) is 0 Å². The van der Waals surface area contributed by atoms with Crippen molar-refractivity contribution in [3.05, 3.63) is 36.2 Å². The number of pyridine rings is 2. The van der Waals surface area contributed by atoms with Gasteiger partial charge in [0.1, 0.15) is 18.2 Å². The van der Waals surface area contributed by atoms with Crippen LogP contribution in [-0.4, -0.2) is 35.3 Å². The number of nitrogens with two attached hydrogens (primary N) is 1. The van der Waals surface area contributed by atoms with E-state index in [-0.39, 0.29) is 18.4 Å². The number of amides is 1. The maximum atomic E-state index is 11.3. The first-order valence-electron chi connectivity index (χ1n) is 8.92. The average Bonchev–Trinajstić information content (AvgIpc) is 2.65. The van der Waals surface area contributed by atoms with Crippen LogP contribution < -0.4 is 20.5 Å². The third kappa shape index (κ3) is 5.93. The molecule has 2 aromatic heterocycles. The molecule has 28 heavy (non-hydrogen) atoms. The van der Waals surface area contributed by atoms with Crippen molar-refractivity contribution in [2.75, 3.05) is 13.7 Å². The second kappa shape index (κ2) is 9.15. The highest BCUT2D eigenvalue weighted by atomic mass is 16.6. The molecule has 0 aliphatic rings. The number of ether oxygens (including phenoxy) is 2. The first-order valence-corrected chi connectivity index (χ1v) is 8.92. The average molecular weight is 383 g/mol. The third-order valence-corrected chi connectivity index (χ3v) is 3.85. The van der Waals surface area contributed by atoms with Crippen LogP contribution in [0.15, 0.2) is 30.6 Å². The molecule has 1 amide bonds. The quantitative estimate of drug-likeness (QED) is 0.753. The van der Waals surface area contributed by atoms with Crippen LogP contribution in [0.3, 0.4) is 0 Å². The summed E-state index contributed by atoms with van der Waals surface area (Å²) in [5.41, 5.74) is 7.41. The van der Waals surface area contributed by atoms with Gasteiger partial charge in [-0.2, -0.15) is 5.26 Å². The Morgan fingerprint density at radius 1 is 1.36 bits per heavy atom. The number of aromatic nitrogens is 2. The number of rotatable bonds is 7. The summed E-state index contributed by atoms with van der Waals surface area (Å²) in [5, 5.41) is 11.8. The number of nitrogens with one attached hydrogen (secondary N) is 1. The number of hydrogen-bond donors (Lipinski definition) is 2. The zero-order valence-corrected chi connectivity index (χ0v) is 16.5. The molecule has 148 valence electrons. The van der Waals surface area contributed by atoms with Crippen molar-refractivity contribution in [1.82, 2.24) is 15.3 Å². The fraction of sp³-hybridized carbons (Fsp3) is 0.400. The Hall–Kier alpha value is -3.18. The molecule has 0 unspecified atom stereocenters. The van der Waals surface area contributed by atoms with E-state index in [9.17, 15) is 10.1 Å². The van der Waals surface area contributed by atoms with E-state index in [0.29, 0.717) is 22.6 Å². The molecule has 0 saturated heterocycles. The molecule has 0 fully saturated rings. The lowest BCUT2D eigenvalue weighted by molar-refractivity contribution is 0.200. The lowest BCUT2D eigenvalue weighted by atomic mass is 9.93. The summed E-state index contributed by atoms with van der Waals surface area (Å²) in [7, 11) is 1.46. The molecule has 0 spiro atoms. The monoisotopic (exact) mass is 383 g/mol. The van der Waals surface area contributed by atoms with Crippen LogP contribution in [0.5, 0.6) is 11.8 Å². The van der Waals surface area contributed by atoms with E-state index in [1.165, 1.54) is 13.2 Å². The maximum Gasteiger partial charge on any atom is 0.413 e. The van der Waals surface area contributed by atoms with Crippen molar-refractivity contribution >= 4 is 6.09 Å². The van der Waals surface area contributed by atoms with Gasteiger partial charge in [0.15, 0.2) is 0 Å². The van der Waals surface area contributed by atoms with Gasteiger partial charge in [-0.1, -0.05) is 13.8 Å². The second-order valence-electron chi connectivity index (χ2n) is 7.25. The van der Waals surface area contributed by atoms with Gasteiger partial charge in [-0.25, -0.2) is 14.8 Å². The summed E-state index contributed by atoms with van der Waals surface area (Å²) in [6, 6.07) is 7.09. The van der Waals surface area contributed by atoms with Gasteiger partial charge in [0.2, 0.25) is 11.8 Å². The first-order chi connectivity index (χ1) is 13.2. The smallest absolute Gasteiger partial charge is 0.413 e. The van der Waals surface area contributed by atoms with E-state index >= 15 is 0 Å². The number of nitriles is 1. The molecule has 0 aliphatic carbocycles. The van der Waals surface area contributed by atoms with Crippen molar-refractivity contribution in [3.8, 4) is 29.0 Å². The van der Waals surface area contributed by atoms with Gasteiger partial charge in [0, 0.05) is 36.6 Å². The summed E-state index contributed by atoms with van der Waals surface area (Å²) >= 11 is 0. The van der Waals surface area contributed by atoms with E-state index in [0.717, 1.165) is 6.42 Å². The van der Waals surface area contributed by atoms with E-state index in [2.05, 4.69) is 35.2 Å². The lowest BCUT2D eigenvalue weighted by Crippen LogP contribution is -2.43. The molecule has 2 rings (SSSR count). The highest BCUT2D eigenvalue weighted by molar-refractivity contribution is 5.71. The number of carbonyl (C=O) groups excluding carboxylic acids is 1. The van der Waals surface area contributed by atoms with Crippen LogP contribution in [0.4, 0.5) is 4.79 Å². The zero-order chi connectivity index (χ0) is 20.7. The van der Waals surface area contributed by atoms with Crippen molar-refractivity contribution in [2.24, 2.45) is 11.7 Å². The molecule has 2 aromatic rings. The Morgan fingerprint density at radius 2 is 2.11 bits per heavy atom. The summed E-state index contributed by atoms with van der Waals surface area (Å²) < 4.78 is 10.8. The number of hydrogen-bond acceptors (Lipinski definition) is 7. The topological polar surface area (TPSA) is 123 Å². The molecule has 0 aromatic carbocycles. The Morgan fingerprint density at radius 3 is 2.75 bits per heavy atom. The van der Waals surface area contributed by atoms with Crippen LogP contribution in [0.25, 0.3) is 11.1 Å². The second-order valence-corrected chi connectivity index (χ2v) is 7.25. The van der Waals surface area contributed by atoms with Crippen molar-refractivity contribution in [2.45, 2.75) is 32.7 Å². The van der Waals surface area contributed by atoms with E-state index in [1.807, 2.05) is 6.92 Å². The maximum absolute atomic E-state index is 11.3. The van der Waals surface area contributed by atoms with E-state index in [1.54, 1.807) is 24.4 Å². The molecular weight excluding hydrogens is 358 g/mol. The van der Waals surface area contributed by atoms with E-state index in [4.69, 9.17) is 15.2 Å². The SMILES string of the molecule is CNC(=O)Oc1cc(-c2cnc(OC[C@@](C)(N)CC(C)C)c(C#N)c2)ccn1. The van der Waals surface area contributed by atoms with Crippen LogP contribution >= 0.6 is 0 Å². The van der Waals surface area contributed by atoms with Crippen LogP contribution in [0.2, 0.25) is 0 Å². The standard InChI is InChI=1S/C20H25N5O3/c1-13(2)9-20(3,22)12-27-18-15(10-21)7-16(11-25-18)14-5-6-24-17(8-14)28-19(26)23-4/h5-8,11,13H,9,12,22H2,1-4H3,(H,23,26)/t20-/m0/s1. The predicted octanol–water partition coefficient (Wildman–Crippen LogP) is 2.88. The molecule has 8 heteroatoms. The minimum atomic E-state index is -0.615. The molecule has 0 saturated carbocycles. The molecular formula is C20H25N5O3. The summed E-state index contributed by atoms with van der Waals surface area (Å²) in [5.74, 6) is 0.813. The molecule has 1 atom stereocenters. The molecule has 8 nitrogen and oxygen atoms in total. The Balaban J connectivity index is 2.20. The van der Waals surface area contributed by atoms with Gasteiger partial charge in [-0.05, 0) is 37.0 Å². The molecule has 0 bridgehead atoms. The number of nitrogens with zero attached hydrogens (tertiary/aromatic N) is 3. The molecule has 2 heterocycles. The number of carbonyl (C=O) groups is 1. The predicted molar refractivity (Wildman–Crippen MR) is 105 cm³/mol. The minimum absolute atomic E-state index is 0.142. The zero-order valence-electron chi connectivity index (χ0n) is 16.5. The van der Waals surface area contributed by atoms with Crippen LogP contribution in [0.1, 0.15) is 32.8 Å². The molecule has 0 radical (unpaired) electrons. The van der Waals surface area contributed by atoms with Gasteiger partial charge < -0.3 is 20.5 Å². The third-order valence-electron chi connectivity index (χ3n) is 3.85. The summed E-state index contributed by atoms with van der Waals surface area (Å²) in [6.45, 7) is 6.36. The molecule has 3 N–H and O–H groups in total. The highest BCUT2D eigenvalue weighted by Gasteiger charge is 2.22.